The Balaban J connectivity index is 1.24. The maximum atomic E-state index is 13.8. The molecule has 3 atom stereocenters. The van der Waals surface area contributed by atoms with Gasteiger partial charge in [0.15, 0.2) is 17.6 Å². The zero-order chi connectivity index (χ0) is 32.0. The van der Waals surface area contributed by atoms with Gasteiger partial charge in [-0.2, -0.15) is 0 Å². The Bertz CT molecular complexity index is 1610. The molecule has 0 unspecified atom stereocenters. The van der Waals surface area contributed by atoms with E-state index in [9.17, 15) is 27.5 Å². The van der Waals surface area contributed by atoms with Crippen molar-refractivity contribution in [2.75, 3.05) is 32.8 Å². The molecule has 0 fully saturated rings. The van der Waals surface area contributed by atoms with E-state index in [1.165, 1.54) is 11.9 Å². The van der Waals surface area contributed by atoms with Crippen molar-refractivity contribution < 1.29 is 37.0 Å². The molecule has 240 valence electrons. The van der Waals surface area contributed by atoms with Crippen molar-refractivity contribution in [2.24, 2.45) is 0 Å². The fourth-order valence-electron chi connectivity index (χ4n) is 5.11. The quantitative estimate of drug-likeness (QED) is 0.170. The lowest BCUT2D eigenvalue weighted by molar-refractivity contribution is -0.133. The number of halogens is 1. The second-order valence-electron chi connectivity index (χ2n) is 10.5. The largest absolute Gasteiger partial charge is 0.486 e. The van der Waals surface area contributed by atoms with Gasteiger partial charge in [0.2, 0.25) is 15.9 Å². The standard InChI is InChI=1S/C31H35FN4O7S2/c1-2-36-25(17-21-18-26-27(19-28(21)44-36)43-15-14-42-26)30(38)35-24(16-20-6-4-3-5-7-20)29(37)31(39)33-12-13-34-45(40,41)23-10-8-22(32)9-11-23/h3-11,18-19,24-25,29,34,37H,2,12-17H2,1H3,(H,33,39)(H,35,38)/t24-,25-,29+/m0/s1. The molecule has 0 aliphatic carbocycles. The molecule has 0 aromatic heterocycles. The summed E-state index contributed by atoms with van der Waals surface area (Å²) in [6.45, 7) is 3.14. The normalized spacial score (nSPS) is 17.5. The van der Waals surface area contributed by atoms with Crippen LogP contribution in [0.4, 0.5) is 4.39 Å². The molecule has 11 nitrogen and oxygen atoms in total. The minimum absolute atomic E-state index is 0.119. The fraction of sp³-hybridized carbons (Fsp3) is 0.355. The highest BCUT2D eigenvalue weighted by atomic mass is 32.2. The topological polar surface area (TPSA) is 146 Å². The molecule has 45 heavy (non-hydrogen) atoms. The third kappa shape index (κ3) is 8.13. The molecule has 0 saturated heterocycles. The maximum absolute atomic E-state index is 13.8. The van der Waals surface area contributed by atoms with E-state index in [-0.39, 0.29) is 30.3 Å². The predicted octanol–water partition coefficient (Wildman–Crippen LogP) is 2.03. The number of hydrogen-bond acceptors (Lipinski definition) is 9. The molecular formula is C31H35FN4O7S2. The van der Waals surface area contributed by atoms with Crippen molar-refractivity contribution in [1.29, 1.82) is 0 Å². The Morgan fingerprint density at radius 2 is 1.73 bits per heavy atom. The summed E-state index contributed by atoms with van der Waals surface area (Å²) < 4.78 is 53.8. The zero-order valence-corrected chi connectivity index (χ0v) is 26.2. The van der Waals surface area contributed by atoms with Crippen LogP contribution in [0.15, 0.2) is 76.5 Å². The average Bonchev–Trinajstić information content (AvgIpc) is 3.05. The Morgan fingerprint density at radius 3 is 2.42 bits per heavy atom. The summed E-state index contributed by atoms with van der Waals surface area (Å²) in [5, 5.41) is 16.6. The summed E-state index contributed by atoms with van der Waals surface area (Å²) in [6.07, 6.45) is -1.05. The lowest BCUT2D eigenvalue weighted by atomic mass is 9.98. The third-order valence-corrected chi connectivity index (χ3v) is 10.2. The first kappa shape index (κ1) is 32.7. The summed E-state index contributed by atoms with van der Waals surface area (Å²) in [5.74, 6) is -0.364. The van der Waals surface area contributed by atoms with E-state index in [0.29, 0.717) is 37.7 Å². The number of amides is 2. The Morgan fingerprint density at radius 1 is 1.04 bits per heavy atom. The number of nitrogens with one attached hydrogen (secondary N) is 3. The van der Waals surface area contributed by atoms with Gasteiger partial charge in [0.25, 0.3) is 5.91 Å². The number of ether oxygens (including phenoxy) is 2. The Hall–Kier alpha value is -3.69. The number of rotatable bonds is 12. The average molecular weight is 659 g/mol. The number of nitrogens with zero attached hydrogens (tertiary/aromatic N) is 1. The van der Waals surface area contributed by atoms with E-state index >= 15 is 0 Å². The highest BCUT2D eigenvalue weighted by molar-refractivity contribution is 7.97. The smallest absolute Gasteiger partial charge is 0.251 e. The van der Waals surface area contributed by atoms with Gasteiger partial charge in [-0.1, -0.05) is 37.3 Å². The Kier molecular flexibility index (Phi) is 10.6. The number of aliphatic hydroxyl groups is 1. The molecule has 2 heterocycles. The molecule has 14 heteroatoms. The number of benzene rings is 3. The number of carbonyl (C=O) groups excluding carboxylic acids is 2. The van der Waals surface area contributed by atoms with Gasteiger partial charge < -0.3 is 25.2 Å². The fourth-order valence-corrected chi connectivity index (χ4v) is 7.24. The SMILES string of the molecule is CCN1Sc2cc3c(cc2C[C@H]1C(=O)N[C@@H](Cc1ccccc1)[C@@H](O)C(=O)NCCNS(=O)(=O)c1ccc(F)cc1)OCCO3. The summed E-state index contributed by atoms with van der Waals surface area (Å²) in [6, 6.07) is 15.8. The van der Waals surface area contributed by atoms with Gasteiger partial charge in [-0.15, -0.1) is 0 Å². The Labute approximate surface area is 265 Å². The lowest BCUT2D eigenvalue weighted by Gasteiger charge is -2.36. The van der Waals surface area contributed by atoms with Gasteiger partial charge in [-0.3, -0.25) is 9.59 Å². The van der Waals surface area contributed by atoms with Crippen LogP contribution in [0.2, 0.25) is 0 Å². The first-order valence-electron chi connectivity index (χ1n) is 14.6. The van der Waals surface area contributed by atoms with Crippen LogP contribution in [0.25, 0.3) is 0 Å². The minimum Gasteiger partial charge on any atom is -0.486 e. The van der Waals surface area contributed by atoms with E-state index in [2.05, 4.69) is 15.4 Å². The summed E-state index contributed by atoms with van der Waals surface area (Å²) in [5.41, 5.74) is 1.75. The monoisotopic (exact) mass is 658 g/mol. The van der Waals surface area contributed by atoms with Crippen LogP contribution in [0.3, 0.4) is 0 Å². The van der Waals surface area contributed by atoms with Gasteiger partial charge in [0.1, 0.15) is 25.1 Å². The van der Waals surface area contributed by atoms with Crippen LogP contribution in [0.1, 0.15) is 18.1 Å². The molecule has 2 aliphatic heterocycles. The van der Waals surface area contributed by atoms with Crippen molar-refractivity contribution in [3.8, 4) is 11.5 Å². The summed E-state index contributed by atoms with van der Waals surface area (Å²) in [4.78, 5) is 27.6. The third-order valence-electron chi connectivity index (χ3n) is 7.43. The predicted molar refractivity (Wildman–Crippen MR) is 166 cm³/mol. The number of fused-ring (bicyclic) bond motifs is 2. The van der Waals surface area contributed by atoms with Gasteiger partial charge in [-0.05, 0) is 72.3 Å². The molecular weight excluding hydrogens is 623 g/mol. The van der Waals surface area contributed by atoms with Crippen LogP contribution in [0, 0.1) is 5.82 Å². The number of sulfonamides is 1. The lowest BCUT2D eigenvalue weighted by Crippen LogP contribution is -2.56. The molecule has 2 amide bonds. The van der Waals surface area contributed by atoms with Crippen molar-refractivity contribution in [3.05, 3.63) is 83.7 Å². The molecule has 4 N–H and O–H groups in total. The van der Waals surface area contributed by atoms with Gasteiger partial charge >= 0.3 is 0 Å². The maximum Gasteiger partial charge on any atom is 0.251 e. The van der Waals surface area contributed by atoms with E-state index < -0.39 is 39.9 Å². The van der Waals surface area contributed by atoms with Crippen LogP contribution in [-0.2, 0) is 32.5 Å². The van der Waals surface area contributed by atoms with Crippen LogP contribution < -0.4 is 24.8 Å². The van der Waals surface area contributed by atoms with E-state index in [4.69, 9.17) is 9.47 Å². The second-order valence-corrected chi connectivity index (χ2v) is 13.4. The van der Waals surface area contributed by atoms with Gasteiger partial charge in [0.05, 0.1) is 10.9 Å². The van der Waals surface area contributed by atoms with Crippen LogP contribution in [-0.4, -0.2) is 80.7 Å². The number of hydrogen-bond donors (Lipinski definition) is 4. The van der Waals surface area contributed by atoms with E-state index in [1.807, 2.05) is 53.7 Å². The molecule has 0 bridgehead atoms. The van der Waals surface area contributed by atoms with E-state index in [1.54, 1.807) is 0 Å². The highest BCUT2D eigenvalue weighted by Crippen LogP contribution is 2.42. The van der Waals surface area contributed by atoms with Crippen molar-refractivity contribution >= 4 is 33.8 Å². The second kappa shape index (κ2) is 14.6. The first-order valence-corrected chi connectivity index (χ1v) is 16.8. The molecule has 0 saturated carbocycles. The number of likely N-dealkylation sites (N-methyl/N-ethyl adjacent to an activating group) is 1. The molecule has 0 radical (unpaired) electrons. The van der Waals surface area contributed by atoms with Crippen molar-refractivity contribution in [1.82, 2.24) is 19.7 Å². The van der Waals surface area contributed by atoms with Crippen molar-refractivity contribution in [3.63, 3.8) is 0 Å². The molecule has 0 spiro atoms. The minimum atomic E-state index is -3.92. The van der Waals surface area contributed by atoms with E-state index in [0.717, 1.165) is 40.3 Å². The molecule has 5 rings (SSSR count). The number of carbonyl (C=O) groups is 2. The van der Waals surface area contributed by atoms with Gasteiger partial charge in [0, 0.05) is 24.5 Å². The van der Waals surface area contributed by atoms with Crippen LogP contribution in [0.5, 0.6) is 11.5 Å². The summed E-state index contributed by atoms with van der Waals surface area (Å²) in [7, 11) is -3.92. The highest BCUT2D eigenvalue weighted by Gasteiger charge is 2.36. The first-order chi connectivity index (χ1) is 21.6. The number of aliphatic hydroxyl groups excluding tert-OH is 1. The molecule has 3 aromatic rings. The van der Waals surface area contributed by atoms with Gasteiger partial charge in [-0.25, -0.2) is 21.8 Å². The molecule has 2 aliphatic rings. The summed E-state index contributed by atoms with van der Waals surface area (Å²) >= 11 is 1.45. The zero-order valence-electron chi connectivity index (χ0n) is 24.6. The molecule has 3 aromatic carbocycles. The van der Waals surface area contributed by atoms with Crippen LogP contribution >= 0.6 is 11.9 Å². The van der Waals surface area contributed by atoms with Crippen molar-refractivity contribution in [2.45, 2.75) is 47.7 Å².